The molecular formula is C18H33IN4O2. The Labute approximate surface area is 168 Å². The van der Waals surface area contributed by atoms with Crippen LogP contribution in [0.25, 0.3) is 0 Å². The van der Waals surface area contributed by atoms with Crippen molar-refractivity contribution in [1.29, 1.82) is 0 Å². The number of guanidine groups is 1. The first kappa shape index (κ1) is 22.2. The summed E-state index contributed by atoms with van der Waals surface area (Å²) in [5, 5.41) is 7.52. The van der Waals surface area contributed by atoms with Gasteiger partial charge in [-0.2, -0.15) is 0 Å². The summed E-state index contributed by atoms with van der Waals surface area (Å²) in [5.41, 5.74) is 1.05. The van der Waals surface area contributed by atoms with E-state index in [9.17, 15) is 0 Å². The van der Waals surface area contributed by atoms with Crippen LogP contribution < -0.4 is 5.32 Å². The molecule has 0 unspecified atom stereocenters. The third-order valence-corrected chi connectivity index (χ3v) is 4.60. The average Bonchev–Trinajstić information content (AvgIpc) is 3.31. The van der Waals surface area contributed by atoms with Crippen molar-refractivity contribution in [2.75, 3.05) is 33.9 Å². The molecule has 6 nitrogen and oxygen atoms in total. The number of nitrogens with zero attached hydrogens (tertiary/aromatic N) is 3. The van der Waals surface area contributed by atoms with Crippen LogP contribution in [0, 0.1) is 5.92 Å². The zero-order chi connectivity index (χ0) is 17.4. The monoisotopic (exact) mass is 464 g/mol. The highest BCUT2D eigenvalue weighted by Gasteiger charge is 2.21. The van der Waals surface area contributed by atoms with Crippen molar-refractivity contribution < 1.29 is 9.26 Å². The van der Waals surface area contributed by atoms with Gasteiger partial charge in [-0.1, -0.05) is 19.0 Å². The molecule has 0 amide bonds. The molecule has 0 atom stereocenters. The summed E-state index contributed by atoms with van der Waals surface area (Å²) in [6.07, 6.45) is 4.83. The lowest BCUT2D eigenvalue weighted by Gasteiger charge is -2.21. The van der Waals surface area contributed by atoms with Crippen molar-refractivity contribution in [2.24, 2.45) is 10.9 Å². The molecule has 0 radical (unpaired) electrons. The highest BCUT2D eigenvalue weighted by atomic mass is 127. The van der Waals surface area contributed by atoms with Crippen LogP contribution in [-0.2, 0) is 11.3 Å². The van der Waals surface area contributed by atoms with Gasteiger partial charge in [-0.15, -0.1) is 24.0 Å². The Kier molecular flexibility index (Phi) is 10.4. The van der Waals surface area contributed by atoms with Gasteiger partial charge < -0.3 is 19.5 Å². The zero-order valence-corrected chi connectivity index (χ0v) is 18.3. The first-order chi connectivity index (χ1) is 11.7. The number of halogens is 1. The summed E-state index contributed by atoms with van der Waals surface area (Å²) in [7, 11) is 3.81. The minimum atomic E-state index is 0. The number of rotatable bonds is 10. The highest BCUT2D eigenvalue weighted by Crippen LogP contribution is 2.28. The lowest BCUT2D eigenvalue weighted by atomic mass is 9.99. The van der Waals surface area contributed by atoms with E-state index in [0.717, 1.165) is 55.9 Å². The van der Waals surface area contributed by atoms with Gasteiger partial charge in [-0.05, 0) is 31.6 Å². The van der Waals surface area contributed by atoms with Gasteiger partial charge in [-0.3, -0.25) is 4.99 Å². The van der Waals surface area contributed by atoms with Crippen molar-refractivity contribution in [3.05, 3.63) is 17.5 Å². The molecule has 0 saturated heterocycles. The molecule has 1 aromatic heterocycles. The fraction of sp³-hybridized carbons (Fsp3) is 0.778. The molecule has 1 heterocycles. The Bertz CT molecular complexity index is 513. The second-order valence-corrected chi connectivity index (χ2v) is 6.57. The molecular weight excluding hydrogens is 431 g/mol. The first-order valence-electron chi connectivity index (χ1n) is 9.12. The van der Waals surface area contributed by atoms with Crippen LogP contribution in [0.3, 0.4) is 0 Å². The Hall–Kier alpha value is -0.830. The van der Waals surface area contributed by atoms with Gasteiger partial charge in [0, 0.05) is 39.2 Å². The van der Waals surface area contributed by atoms with Gasteiger partial charge in [0.15, 0.2) is 11.7 Å². The van der Waals surface area contributed by atoms with Crippen LogP contribution in [0.5, 0.6) is 0 Å². The Morgan fingerprint density at radius 1 is 1.44 bits per heavy atom. The van der Waals surface area contributed by atoms with Gasteiger partial charge in [0.1, 0.15) is 0 Å². The number of hydrogen-bond donors (Lipinski definition) is 1. The second kappa shape index (κ2) is 11.7. The van der Waals surface area contributed by atoms with Gasteiger partial charge in [-0.25, -0.2) is 0 Å². The molecule has 0 spiro atoms. The van der Waals surface area contributed by atoms with E-state index in [0.29, 0.717) is 12.5 Å². The van der Waals surface area contributed by atoms with Crippen molar-refractivity contribution in [3.63, 3.8) is 0 Å². The number of hydrogen-bond acceptors (Lipinski definition) is 4. The van der Waals surface area contributed by atoms with Crippen LogP contribution in [0.15, 0.2) is 15.6 Å². The molecule has 1 N–H and O–H groups in total. The predicted molar refractivity (Wildman–Crippen MR) is 112 cm³/mol. The normalized spacial score (nSPS) is 14.5. The average molecular weight is 464 g/mol. The molecule has 0 aromatic carbocycles. The van der Waals surface area contributed by atoms with Crippen molar-refractivity contribution in [1.82, 2.24) is 15.4 Å². The SMILES string of the molecule is CCC(CC)c1cc(CNC(=NC)N(C)CCOCC2CC2)on1.I. The van der Waals surface area contributed by atoms with E-state index < -0.39 is 0 Å². The molecule has 0 aliphatic heterocycles. The third kappa shape index (κ3) is 7.52. The maximum atomic E-state index is 5.69. The number of likely N-dealkylation sites (N-methyl/N-ethyl adjacent to an activating group) is 1. The van der Waals surface area contributed by atoms with E-state index in [1.165, 1.54) is 12.8 Å². The fourth-order valence-electron chi connectivity index (χ4n) is 2.70. The topological polar surface area (TPSA) is 62.9 Å². The van der Waals surface area contributed by atoms with E-state index in [2.05, 4.69) is 40.3 Å². The lowest BCUT2D eigenvalue weighted by Crippen LogP contribution is -2.40. The van der Waals surface area contributed by atoms with Gasteiger partial charge in [0.2, 0.25) is 0 Å². The molecule has 1 aromatic rings. The van der Waals surface area contributed by atoms with Crippen LogP contribution in [0.1, 0.15) is 56.9 Å². The Morgan fingerprint density at radius 2 is 2.16 bits per heavy atom. The fourth-order valence-corrected chi connectivity index (χ4v) is 2.70. The van der Waals surface area contributed by atoms with Crippen LogP contribution in [0.4, 0.5) is 0 Å². The van der Waals surface area contributed by atoms with Crippen molar-refractivity contribution >= 4 is 29.9 Å². The quantitative estimate of drug-likeness (QED) is 0.248. The van der Waals surface area contributed by atoms with Gasteiger partial charge in [0.05, 0.1) is 18.8 Å². The molecule has 1 aliphatic rings. The largest absolute Gasteiger partial charge is 0.379 e. The number of ether oxygens (including phenoxy) is 1. The van der Waals surface area contributed by atoms with Crippen molar-refractivity contribution in [2.45, 2.75) is 52.0 Å². The van der Waals surface area contributed by atoms with Crippen LogP contribution in [0.2, 0.25) is 0 Å². The minimum absolute atomic E-state index is 0. The number of nitrogens with one attached hydrogen (secondary N) is 1. The zero-order valence-electron chi connectivity index (χ0n) is 16.0. The maximum Gasteiger partial charge on any atom is 0.193 e. The second-order valence-electron chi connectivity index (χ2n) is 6.57. The molecule has 1 fully saturated rings. The van der Waals surface area contributed by atoms with Gasteiger partial charge >= 0.3 is 0 Å². The summed E-state index contributed by atoms with van der Waals surface area (Å²) >= 11 is 0. The summed E-state index contributed by atoms with van der Waals surface area (Å²) in [5.74, 6) is 2.97. The Balaban J connectivity index is 0.00000312. The van der Waals surface area contributed by atoms with E-state index in [1.54, 1.807) is 7.05 Å². The van der Waals surface area contributed by atoms with E-state index >= 15 is 0 Å². The van der Waals surface area contributed by atoms with Crippen LogP contribution >= 0.6 is 24.0 Å². The standard InChI is InChI=1S/C18H32N4O2.HI/c1-5-15(6-2)17-11-16(24-21-17)12-20-18(19-3)22(4)9-10-23-13-14-7-8-14;/h11,14-15H,5-10,12-13H2,1-4H3,(H,19,20);1H. The minimum Gasteiger partial charge on any atom is -0.379 e. The van der Waals surface area contributed by atoms with Crippen molar-refractivity contribution in [3.8, 4) is 0 Å². The molecule has 25 heavy (non-hydrogen) atoms. The molecule has 0 bridgehead atoms. The molecule has 1 saturated carbocycles. The predicted octanol–water partition coefficient (Wildman–Crippen LogP) is 3.63. The smallest absolute Gasteiger partial charge is 0.193 e. The summed E-state index contributed by atoms with van der Waals surface area (Å²) < 4.78 is 11.1. The van der Waals surface area contributed by atoms with E-state index in [-0.39, 0.29) is 24.0 Å². The van der Waals surface area contributed by atoms with Crippen LogP contribution in [-0.4, -0.2) is 49.9 Å². The van der Waals surface area contributed by atoms with E-state index in [1.807, 2.05) is 7.05 Å². The van der Waals surface area contributed by atoms with E-state index in [4.69, 9.17) is 9.26 Å². The van der Waals surface area contributed by atoms with Gasteiger partial charge in [0.25, 0.3) is 0 Å². The molecule has 1 aliphatic carbocycles. The summed E-state index contributed by atoms with van der Waals surface area (Å²) in [6, 6.07) is 2.05. The third-order valence-electron chi connectivity index (χ3n) is 4.60. The molecule has 7 heteroatoms. The summed E-state index contributed by atoms with van der Waals surface area (Å²) in [6.45, 7) is 7.41. The lowest BCUT2D eigenvalue weighted by molar-refractivity contribution is 0.115. The highest BCUT2D eigenvalue weighted by molar-refractivity contribution is 14.0. The number of aromatic nitrogens is 1. The summed E-state index contributed by atoms with van der Waals surface area (Å²) in [4.78, 5) is 6.39. The Morgan fingerprint density at radius 3 is 2.76 bits per heavy atom. The first-order valence-corrected chi connectivity index (χ1v) is 9.12. The maximum absolute atomic E-state index is 5.69. The number of aliphatic imine (C=N–C) groups is 1. The molecule has 2 rings (SSSR count). The molecule has 144 valence electrons.